The zero-order chi connectivity index (χ0) is 15.9. The molecule has 22 heavy (non-hydrogen) atoms. The fourth-order valence-corrected chi connectivity index (χ4v) is 2.65. The summed E-state index contributed by atoms with van der Waals surface area (Å²) in [5, 5.41) is 19.1. The molecular formula is C12H16ClN5O4. The van der Waals surface area contributed by atoms with E-state index >= 15 is 0 Å². The number of aliphatic hydroxyl groups excluding tert-OH is 2. The predicted molar refractivity (Wildman–Crippen MR) is 77.5 cm³/mol. The molecule has 9 nitrogen and oxygen atoms in total. The molecule has 0 radical (unpaired) electrons. The number of fused-ring (bicyclic) bond motifs is 1. The van der Waals surface area contributed by atoms with Crippen LogP contribution in [-0.2, 0) is 4.74 Å². The van der Waals surface area contributed by atoms with E-state index in [9.17, 15) is 10.2 Å². The average molecular weight is 330 g/mol. The van der Waals surface area contributed by atoms with Gasteiger partial charge in [-0.25, -0.2) is 0 Å². The van der Waals surface area contributed by atoms with Gasteiger partial charge in [0.05, 0.1) is 19.3 Å². The molecule has 4 N–H and O–H groups in total. The number of nitrogens with two attached hydrogens (primary N) is 1. The number of hydrogen-bond acceptors (Lipinski definition) is 8. The van der Waals surface area contributed by atoms with E-state index in [0.717, 1.165) is 0 Å². The minimum Gasteiger partial charge on any atom is -0.465 e. The molecule has 0 saturated carbocycles. The highest BCUT2D eigenvalue weighted by atomic mass is 35.5. The van der Waals surface area contributed by atoms with Gasteiger partial charge in [0.15, 0.2) is 17.0 Å². The normalized spacial score (nSPS) is 25.0. The van der Waals surface area contributed by atoms with Gasteiger partial charge < -0.3 is 25.4 Å². The van der Waals surface area contributed by atoms with Crippen molar-refractivity contribution in [3.05, 3.63) is 5.28 Å². The summed E-state index contributed by atoms with van der Waals surface area (Å²) in [4.78, 5) is 12.3. The Labute approximate surface area is 130 Å². The zero-order valence-corrected chi connectivity index (χ0v) is 12.6. The fourth-order valence-electron chi connectivity index (χ4n) is 2.48. The fraction of sp³-hybridized carbons (Fsp3) is 0.583. The Balaban J connectivity index is 2.12. The van der Waals surface area contributed by atoms with Crippen molar-refractivity contribution in [2.45, 2.75) is 31.8 Å². The van der Waals surface area contributed by atoms with E-state index < -0.39 is 18.4 Å². The molecule has 0 amide bonds. The molecule has 10 heteroatoms. The zero-order valence-electron chi connectivity index (χ0n) is 11.8. The standard InChI is InChI=1S/C12H16ClN5O4/c1-2-21-12-15-8-9(14)16-11(13)17-10(8)18(12)7-3-5(20)6(4-19)22-7/h5-7,19-20H,2-4H2,1H3,(H2,14,16,17)/t5-,6+,7+/m0/s1. The summed E-state index contributed by atoms with van der Waals surface area (Å²) in [7, 11) is 0. The Morgan fingerprint density at radius 1 is 1.45 bits per heavy atom. The first kappa shape index (κ1) is 15.2. The lowest BCUT2D eigenvalue weighted by Crippen LogP contribution is -2.24. The molecule has 2 aromatic rings. The van der Waals surface area contributed by atoms with Crippen LogP contribution in [-0.4, -0.2) is 55.2 Å². The molecule has 0 aromatic carbocycles. The van der Waals surface area contributed by atoms with Gasteiger partial charge in [-0.15, -0.1) is 0 Å². The van der Waals surface area contributed by atoms with Crippen LogP contribution in [0.4, 0.5) is 5.82 Å². The Bertz CT molecular complexity index is 694. The van der Waals surface area contributed by atoms with Crippen molar-refractivity contribution in [3.8, 4) is 6.01 Å². The first-order valence-electron chi connectivity index (χ1n) is 6.83. The van der Waals surface area contributed by atoms with Gasteiger partial charge in [-0.3, -0.25) is 4.57 Å². The highest BCUT2D eigenvalue weighted by Crippen LogP contribution is 2.35. The Morgan fingerprint density at radius 3 is 2.86 bits per heavy atom. The number of nitrogens with zero attached hydrogens (tertiary/aromatic N) is 4. The van der Waals surface area contributed by atoms with E-state index in [0.29, 0.717) is 17.8 Å². The number of anilines is 1. The molecule has 0 aliphatic carbocycles. The number of aliphatic hydroxyl groups is 2. The molecule has 1 saturated heterocycles. The second-order valence-corrected chi connectivity index (χ2v) is 5.20. The third kappa shape index (κ3) is 2.45. The lowest BCUT2D eigenvalue weighted by molar-refractivity contribution is -0.0454. The van der Waals surface area contributed by atoms with Crippen molar-refractivity contribution in [1.29, 1.82) is 0 Å². The summed E-state index contributed by atoms with van der Waals surface area (Å²) in [5.41, 5.74) is 6.52. The topological polar surface area (TPSA) is 129 Å². The van der Waals surface area contributed by atoms with Crippen LogP contribution in [0.15, 0.2) is 0 Å². The van der Waals surface area contributed by atoms with Gasteiger partial charge in [-0.05, 0) is 18.5 Å². The molecule has 2 aromatic heterocycles. The van der Waals surface area contributed by atoms with Crippen LogP contribution in [0, 0.1) is 0 Å². The van der Waals surface area contributed by atoms with Crippen LogP contribution in [0.3, 0.4) is 0 Å². The van der Waals surface area contributed by atoms with E-state index in [-0.39, 0.29) is 30.1 Å². The van der Waals surface area contributed by atoms with E-state index in [1.807, 2.05) is 6.92 Å². The lowest BCUT2D eigenvalue weighted by Gasteiger charge is -2.16. The third-order valence-corrected chi connectivity index (χ3v) is 3.62. The quantitative estimate of drug-likeness (QED) is 0.674. The Hall–Kier alpha value is -1.68. The van der Waals surface area contributed by atoms with Gasteiger partial charge >= 0.3 is 6.01 Å². The van der Waals surface area contributed by atoms with Gasteiger partial charge in [0.2, 0.25) is 5.28 Å². The first-order chi connectivity index (χ1) is 10.5. The van der Waals surface area contributed by atoms with Crippen LogP contribution < -0.4 is 10.5 Å². The number of nitrogen functional groups attached to an aromatic ring is 1. The number of imidazole rings is 1. The Morgan fingerprint density at radius 2 is 2.23 bits per heavy atom. The van der Waals surface area contributed by atoms with Gasteiger partial charge in [0, 0.05) is 6.42 Å². The maximum Gasteiger partial charge on any atom is 0.300 e. The first-order valence-corrected chi connectivity index (χ1v) is 7.21. The second kappa shape index (κ2) is 5.84. The SMILES string of the molecule is CCOc1nc2c(N)nc(Cl)nc2n1[C@H]1C[C@H](O)[C@@H](CO)O1. The molecule has 0 unspecified atom stereocenters. The summed E-state index contributed by atoms with van der Waals surface area (Å²) in [6.07, 6.45) is -1.80. The number of halogens is 1. The summed E-state index contributed by atoms with van der Waals surface area (Å²) in [5.74, 6) is 0.131. The summed E-state index contributed by atoms with van der Waals surface area (Å²) >= 11 is 5.86. The largest absolute Gasteiger partial charge is 0.465 e. The smallest absolute Gasteiger partial charge is 0.300 e. The van der Waals surface area contributed by atoms with Crippen molar-refractivity contribution >= 4 is 28.6 Å². The number of aromatic nitrogens is 4. The Kier molecular flexibility index (Phi) is 4.04. The summed E-state index contributed by atoms with van der Waals surface area (Å²) in [6, 6.07) is 0.247. The summed E-state index contributed by atoms with van der Waals surface area (Å²) < 4.78 is 12.7. The van der Waals surface area contributed by atoms with E-state index in [4.69, 9.17) is 26.8 Å². The lowest BCUT2D eigenvalue weighted by atomic mass is 10.2. The molecule has 0 bridgehead atoms. The maximum absolute atomic E-state index is 9.92. The molecule has 1 fully saturated rings. The second-order valence-electron chi connectivity index (χ2n) is 4.86. The summed E-state index contributed by atoms with van der Waals surface area (Å²) in [6.45, 7) is 1.90. The number of hydrogen-bond donors (Lipinski definition) is 3. The van der Waals surface area contributed by atoms with E-state index in [2.05, 4.69) is 15.0 Å². The van der Waals surface area contributed by atoms with Crippen molar-refractivity contribution < 1.29 is 19.7 Å². The van der Waals surface area contributed by atoms with Crippen LogP contribution in [0.2, 0.25) is 5.28 Å². The monoisotopic (exact) mass is 329 g/mol. The predicted octanol–water partition coefficient (Wildman–Crippen LogP) is 0.101. The van der Waals surface area contributed by atoms with Crippen LogP contribution in [0.1, 0.15) is 19.6 Å². The minimum absolute atomic E-state index is 0.0218. The molecule has 1 aliphatic rings. The molecule has 3 atom stereocenters. The average Bonchev–Trinajstić information content (AvgIpc) is 2.99. The van der Waals surface area contributed by atoms with E-state index in [1.165, 1.54) is 0 Å². The van der Waals surface area contributed by atoms with Gasteiger partial charge in [0.25, 0.3) is 0 Å². The van der Waals surface area contributed by atoms with E-state index in [1.54, 1.807) is 4.57 Å². The van der Waals surface area contributed by atoms with Crippen molar-refractivity contribution in [2.75, 3.05) is 18.9 Å². The molecule has 3 rings (SSSR count). The highest BCUT2D eigenvalue weighted by Gasteiger charge is 2.37. The maximum atomic E-state index is 9.92. The molecule has 0 spiro atoms. The van der Waals surface area contributed by atoms with Gasteiger partial charge in [-0.2, -0.15) is 15.0 Å². The van der Waals surface area contributed by atoms with Crippen LogP contribution in [0.25, 0.3) is 11.2 Å². The van der Waals surface area contributed by atoms with Crippen LogP contribution in [0.5, 0.6) is 6.01 Å². The van der Waals surface area contributed by atoms with Gasteiger partial charge in [-0.1, -0.05) is 0 Å². The number of ether oxygens (including phenoxy) is 2. The minimum atomic E-state index is -0.795. The number of rotatable bonds is 4. The molecule has 1 aliphatic heterocycles. The highest BCUT2D eigenvalue weighted by molar-refractivity contribution is 6.28. The molecular weight excluding hydrogens is 314 g/mol. The molecule has 120 valence electrons. The van der Waals surface area contributed by atoms with Crippen LogP contribution >= 0.6 is 11.6 Å². The third-order valence-electron chi connectivity index (χ3n) is 3.45. The van der Waals surface area contributed by atoms with Gasteiger partial charge in [0.1, 0.15) is 12.3 Å². The van der Waals surface area contributed by atoms with Crippen molar-refractivity contribution in [1.82, 2.24) is 19.5 Å². The van der Waals surface area contributed by atoms with Crippen molar-refractivity contribution in [3.63, 3.8) is 0 Å². The molecule has 3 heterocycles. The van der Waals surface area contributed by atoms with Crippen molar-refractivity contribution in [2.24, 2.45) is 0 Å².